The number of anilines is 1. The minimum Gasteiger partial charge on any atom is -0.398 e. The Balaban J connectivity index is 2.83. The fourth-order valence-electron chi connectivity index (χ4n) is 1.82. The molecule has 114 valence electrons. The van der Waals surface area contributed by atoms with Crippen molar-refractivity contribution < 1.29 is 21.6 Å². The van der Waals surface area contributed by atoms with E-state index >= 15 is 0 Å². The van der Waals surface area contributed by atoms with E-state index in [4.69, 9.17) is 5.73 Å². The van der Waals surface area contributed by atoms with Crippen molar-refractivity contribution in [3.8, 4) is 0 Å². The molecule has 0 saturated carbocycles. The number of nitrogen functional groups attached to an aromatic ring is 1. The number of aryl methyl sites for hydroxylation is 1. The van der Waals surface area contributed by atoms with Crippen molar-refractivity contribution in [1.29, 1.82) is 0 Å². The van der Waals surface area contributed by atoms with Gasteiger partial charge >= 0.3 is 6.18 Å². The molecule has 0 aliphatic heterocycles. The van der Waals surface area contributed by atoms with E-state index in [0.29, 0.717) is 16.8 Å². The summed E-state index contributed by atoms with van der Waals surface area (Å²) in [5.41, 5.74) is 6.88. The highest BCUT2D eigenvalue weighted by molar-refractivity contribution is 7.89. The first-order valence-corrected chi connectivity index (χ1v) is 7.45. The Morgan fingerprint density at radius 2 is 1.85 bits per heavy atom. The van der Waals surface area contributed by atoms with Crippen LogP contribution in [-0.4, -0.2) is 21.1 Å². The van der Waals surface area contributed by atoms with Crippen LogP contribution in [0.4, 0.5) is 18.9 Å². The number of nitrogens with one attached hydrogen (secondary N) is 1. The van der Waals surface area contributed by atoms with Gasteiger partial charge in [0.1, 0.15) is 0 Å². The van der Waals surface area contributed by atoms with Crippen LogP contribution in [0.3, 0.4) is 0 Å². The van der Waals surface area contributed by atoms with Gasteiger partial charge in [0.2, 0.25) is 10.0 Å². The molecule has 0 aliphatic rings. The summed E-state index contributed by atoms with van der Waals surface area (Å²) < 4.78 is 62.3. The van der Waals surface area contributed by atoms with Gasteiger partial charge in [0.25, 0.3) is 0 Å². The third-order valence-corrected chi connectivity index (χ3v) is 4.59. The average Bonchev–Trinajstić information content (AvgIpc) is 2.29. The minimum atomic E-state index is -4.28. The van der Waals surface area contributed by atoms with Crippen LogP contribution in [-0.2, 0) is 10.0 Å². The number of sulfonamides is 1. The number of benzene rings is 1. The molecular formula is C12H17F3N2O2S. The number of rotatable bonds is 5. The first kappa shape index (κ1) is 16.8. The number of halogens is 3. The molecule has 8 heteroatoms. The molecule has 0 aliphatic carbocycles. The largest absolute Gasteiger partial charge is 0.398 e. The van der Waals surface area contributed by atoms with Gasteiger partial charge < -0.3 is 5.73 Å². The van der Waals surface area contributed by atoms with Crippen LogP contribution in [0, 0.1) is 13.8 Å². The van der Waals surface area contributed by atoms with Crippen molar-refractivity contribution in [1.82, 2.24) is 4.72 Å². The maximum Gasteiger partial charge on any atom is 0.389 e. The van der Waals surface area contributed by atoms with Gasteiger partial charge in [0.15, 0.2) is 0 Å². The van der Waals surface area contributed by atoms with Crippen molar-refractivity contribution in [3.63, 3.8) is 0 Å². The molecule has 0 spiro atoms. The molecule has 0 bridgehead atoms. The molecule has 1 aromatic carbocycles. The first-order valence-electron chi connectivity index (χ1n) is 5.96. The highest BCUT2D eigenvalue weighted by Gasteiger charge is 2.27. The topological polar surface area (TPSA) is 72.2 Å². The Hall–Kier alpha value is -1.28. The van der Waals surface area contributed by atoms with E-state index in [9.17, 15) is 21.6 Å². The maximum absolute atomic E-state index is 12.1. The van der Waals surface area contributed by atoms with Crippen LogP contribution in [0.25, 0.3) is 0 Å². The van der Waals surface area contributed by atoms with E-state index in [1.54, 1.807) is 26.0 Å². The van der Waals surface area contributed by atoms with Crippen LogP contribution in [0.5, 0.6) is 0 Å². The molecule has 0 radical (unpaired) electrons. The van der Waals surface area contributed by atoms with Gasteiger partial charge in [-0.25, -0.2) is 13.1 Å². The fourth-order valence-corrected chi connectivity index (χ4v) is 3.39. The van der Waals surface area contributed by atoms with Crippen LogP contribution in [0.15, 0.2) is 17.0 Å². The van der Waals surface area contributed by atoms with Gasteiger partial charge in [0.05, 0.1) is 4.90 Å². The van der Waals surface area contributed by atoms with Crippen LogP contribution < -0.4 is 10.5 Å². The van der Waals surface area contributed by atoms with Crippen LogP contribution in [0.2, 0.25) is 0 Å². The molecule has 0 amide bonds. The van der Waals surface area contributed by atoms with Crippen molar-refractivity contribution in [3.05, 3.63) is 23.3 Å². The average molecular weight is 310 g/mol. The first-order chi connectivity index (χ1) is 9.04. The lowest BCUT2D eigenvalue weighted by Crippen LogP contribution is -2.27. The lowest BCUT2D eigenvalue weighted by Gasteiger charge is -2.14. The summed E-state index contributed by atoms with van der Waals surface area (Å²) in [6.07, 6.45) is -5.61. The minimum absolute atomic E-state index is 0.0320. The van der Waals surface area contributed by atoms with E-state index in [1.807, 2.05) is 0 Å². The summed E-state index contributed by atoms with van der Waals surface area (Å²) in [5.74, 6) is 0. The monoisotopic (exact) mass is 310 g/mol. The van der Waals surface area contributed by atoms with E-state index in [2.05, 4.69) is 4.72 Å². The molecule has 20 heavy (non-hydrogen) atoms. The second-order valence-corrected chi connectivity index (χ2v) is 6.25. The molecule has 0 aromatic heterocycles. The molecule has 1 aromatic rings. The quantitative estimate of drug-likeness (QED) is 0.648. The molecule has 0 saturated heterocycles. The zero-order valence-electron chi connectivity index (χ0n) is 11.2. The normalized spacial score (nSPS) is 12.7. The van der Waals surface area contributed by atoms with E-state index in [1.165, 1.54) is 0 Å². The Morgan fingerprint density at radius 1 is 1.25 bits per heavy atom. The third kappa shape index (κ3) is 4.38. The fraction of sp³-hybridized carbons (Fsp3) is 0.500. The van der Waals surface area contributed by atoms with E-state index in [0.717, 1.165) is 0 Å². The molecule has 1 rings (SSSR count). The second-order valence-electron chi connectivity index (χ2n) is 4.54. The van der Waals surface area contributed by atoms with Crippen LogP contribution >= 0.6 is 0 Å². The lowest BCUT2D eigenvalue weighted by atomic mass is 10.1. The number of nitrogens with two attached hydrogens (primary N) is 1. The standard InChI is InChI=1S/C12H17F3N2O2S/c1-8-4-5-10(16)9(2)11(8)20(18,19)17-7-3-6-12(13,14)15/h4-5,17H,3,6-7,16H2,1-2H3. The Kier molecular flexibility index (Phi) is 5.04. The van der Waals surface area contributed by atoms with Crippen molar-refractivity contribution in [2.75, 3.05) is 12.3 Å². The van der Waals surface area contributed by atoms with E-state index in [-0.39, 0.29) is 17.9 Å². The molecule has 4 nitrogen and oxygen atoms in total. The van der Waals surface area contributed by atoms with E-state index < -0.39 is 22.6 Å². The third-order valence-electron chi connectivity index (χ3n) is 2.84. The molecule has 0 heterocycles. The van der Waals surface area contributed by atoms with Crippen molar-refractivity contribution in [2.45, 2.75) is 37.8 Å². The second kappa shape index (κ2) is 6.01. The highest BCUT2D eigenvalue weighted by Crippen LogP contribution is 2.25. The van der Waals surface area contributed by atoms with Gasteiger partial charge in [-0.1, -0.05) is 6.07 Å². The summed E-state index contributed by atoms with van der Waals surface area (Å²) in [6, 6.07) is 3.15. The summed E-state index contributed by atoms with van der Waals surface area (Å²) in [4.78, 5) is 0.0320. The predicted molar refractivity (Wildman–Crippen MR) is 70.8 cm³/mol. The van der Waals surface area contributed by atoms with Gasteiger partial charge in [-0.3, -0.25) is 0 Å². The SMILES string of the molecule is Cc1ccc(N)c(C)c1S(=O)(=O)NCCCC(F)(F)F. The summed E-state index contributed by atoms with van der Waals surface area (Å²) in [7, 11) is -3.86. The van der Waals surface area contributed by atoms with Crippen molar-refractivity contribution in [2.24, 2.45) is 0 Å². The smallest absolute Gasteiger partial charge is 0.389 e. The Labute approximate surface area is 116 Å². The van der Waals surface area contributed by atoms with Gasteiger partial charge in [0, 0.05) is 18.7 Å². The highest BCUT2D eigenvalue weighted by atomic mass is 32.2. The molecule has 0 unspecified atom stereocenters. The van der Waals surface area contributed by atoms with Gasteiger partial charge in [-0.2, -0.15) is 13.2 Å². The molecule has 3 N–H and O–H groups in total. The maximum atomic E-state index is 12.1. The number of hydrogen-bond donors (Lipinski definition) is 2. The molecule has 0 fully saturated rings. The molecular weight excluding hydrogens is 293 g/mol. The molecule has 0 atom stereocenters. The number of hydrogen-bond acceptors (Lipinski definition) is 3. The Morgan fingerprint density at radius 3 is 2.40 bits per heavy atom. The van der Waals surface area contributed by atoms with Crippen LogP contribution in [0.1, 0.15) is 24.0 Å². The van der Waals surface area contributed by atoms with Gasteiger partial charge in [-0.05, 0) is 37.5 Å². The zero-order chi connectivity index (χ0) is 15.6. The summed E-state index contributed by atoms with van der Waals surface area (Å²) >= 11 is 0. The summed E-state index contributed by atoms with van der Waals surface area (Å²) in [5, 5.41) is 0. The van der Waals surface area contributed by atoms with Gasteiger partial charge in [-0.15, -0.1) is 0 Å². The zero-order valence-corrected chi connectivity index (χ0v) is 12.0. The Bertz CT molecular complexity index is 583. The van der Waals surface area contributed by atoms with Crippen molar-refractivity contribution >= 4 is 15.7 Å². The number of alkyl halides is 3. The lowest BCUT2D eigenvalue weighted by molar-refractivity contribution is -0.135. The predicted octanol–water partition coefficient (Wildman–Crippen LogP) is 2.51. The summed E-state index contributed by atoms with van der Waals surface area (Å²) in [6.45, 7) is 2.90.